The number of rotatable bonds is 5. The highest BCUT2D eigenvalue weighted by molar-refractivity contribution is 5.90. The van der Waals surface area contributed by atoms with Crippen LogP contribution in [0, 0.1) is 0 Å². The zero-order chi connectivity index (χ0) is 20.1. The molecule has 1 atom stereocenters. The number of aromatic nitrogens is 2. The molecule has 150 valence electrons. The number of piperidine rings is 1. The van der Waals surface area contributed by atoms with E-state index in [0.29, 0.717) is 12.7 Å². The number of hydrogen-bond donors (Lipinski definition) is 3. The summed E-state index contributed by atoms with van der Waals surface area (Å²) in [5.74, 6) is -0.908. The van der Waals surface area contributed by atoms with E-state index >= 15 is 0 Å². The summed E-state index contributed by atoms with van der Waals surface area (Å²) in [5.41, 5.74) is -0.856. The summed E-state index contributed by atoms with van der Waals surface area (Å²) in [6.45, 7) is 2.87. The molecule has 1 aromatic carbocycles. The van der Waals surface area contributed by atoms with Crippen LogP contribution in [-0.4, -0.2) is 35.0 Å². The second kappa shape index (κ2) is 8.42. The molecule has 7 nitrogen and oxygen atoms in total. The van der Waals surface area contributed by atoms with E-state index in [1.807, 2.05) is 0 Å². The Bertz CT molecular complexity index is 838. The Morgan fingerprint density at radius 1 is 1.32 bits per heavy atom. The molecule has 0 saturated carbocycles. The number of nitrogens with one attached hydrogen (secondary N) is 3. The summed E-state index contributed by atoms with van der Waals surface area (Å²) in [7, 11) is 0. The van der Waals surface area contributed by atoms with E-state index in [2.05, 4.69) is 25.9 Å². The second-order valence-electron chi connectivity index (χ2n) is 6.38. The maximum Gasteiger partial charge on any atom is 0.423 e. The number of alkyl halides is 3. The van der Waals surface area contributed by atoms with Crippen molar-refractivity contribution in [2.24, 2.45) is 0 Å². The fourth-order valence-corrected chi connectivity index (χ4v) is 2.82. The average Bonchev–Trinajstić information content (AvgIpc) is 2.63. The summed E-state index contributed by atoms with van der Waals surface area (Å²) in [6.07, 6.45) is -2.18. The first kappa shape index (κ1) is 19.9. The number of carbonyl (C=O) groups excluding carboxylic acids is 1. The fraction of sp³-hybridized carbons (Fsp3) is 0.389. The number of hydrogen-bond acceptors (Lipinski definition) is 6. The van der Waals surface area contributed by atoms with E-state index in [1.54, 1.807) is 12.1 Å². The van der Waals surface area contributed by atoms with Crippen molar-refractivity contribution in [2.75, 3.05) is 23.7 Å². The van der Waals surface area contributed by atoms with Crippen LogP contribution in [0.25, 0.3) is 0 Å². The van der Waals surface area contributed by atoms with Gasteiger partial charge in [-0.05, 0) is 31.5 Å². The Morgan fingerprint density at radius 3 is 2.79 bits per heavy atom. The molecule has 1 aromatic heterocycles. The second-order valence-corrected chi connectivity index (χ2v) is 6.38. The maximum absolute atomic E-state index is 13.4. The van der Waals surface area contributed by atoms with Crippen molar-refractivity contribution in [2.45, 2.75) is 32.0 Å². The van der Waals surface area contributed by atoms with Crippen LogP contribution in [0.5, 0.6) is 11.6 Å². The van der Waals surface area contributed by atoms with E-state index in [4.69, 9.17) is 4.74 Å². The molecule has 1 aliphatic heterocycles. The lowest BCUT2D eigenvalue weighted by Gasteiger charge is -2.24. The molecule has 28 heavy (non-hydrogen) atoms. The molecule has 2 heterocycles. The summed E-state index contributed by atoms with van der Waals surface area (Å²) < 4.78 is 45.6. The number of amides is 1. The van der Waals surface area contributed by atoms with Gasteiger partial charge >= 0.3 is 6.18 Å². The molecule has 1 amide bonds. The Balaban J connectivity index is 1.91. The lowest BCUT2D eigenvalue weighted by atomic mass is 10.1. The van der Waals surface area contributed by atoms with Gasteiger partial charge in [-0.3, -0.25) is 4.79 Å². The fourth-order valence-electron chi connectivity index (χ4n) is 2.82. The van der Waals surface area contributed by atoms with Gasteiger partial charge in [-0.1, -0.05) is 12.1 Å². The van der Waals surface area contributed by atoms with Gasteiger partial charge in [-0.2, -0.15) is 18.2 Å². The molecule has 1 unspecified atom stereocenters. The standard InChI is InChI=1S/C18H20F3N5O2/c1-11(27)24-14-6-2-3-7-15(14)28-16-13(18(19,20)21)10-23-17(26-16)25-12-5-4-8-22-9-12/h2-3,6-7,10,12,22H,4-5,8-9H2,1H3,(H,24,27)(H,23,25,26). The third kappa shape index (κ3) is 5.10. The van der Waals surface area contributed by atoms with Crippen molar-refractivity contribution in [1.82, 2.24) is 15.3 Å². The van der Waals surface area contributed by atoms with Crippen molar-refractivity contribution < 1.29 is 22.7 Å². The Labute approximate surface area is 159 Å². The monoisotopic (exact) mass is 395 g/mol. The minimum atomic E-state index is -4.69. The summed E-state index contributed by atoms with van der Waals surface area (Å²) in [6, 6.07) is 6.21. The van der Waals surface area contributed by atoms with Crippen molar-refractivity contribution in [3.05, 3.63) is 36.0 Å². The van der Waals surface area contributed by atoms with E-state index < -0.39 is 17.6 Å². The highest BCUT2D eigenvalue weighted by Crippen LogP contribution is 2.38. The predicted molar refractivity (Wildman–Crippen MR) is 97.4 cm³/mol. The number of ether oxygens (including phenoxy) is 1. The number of nitrogens with zero attached hydrogens (tertiary/aromatic N) is 2. The van der Waals surface area contributed by atoms with Gasteiger partial charge in [0.2, 0.25) is 17.7 Å². The van der Waals surface area contributed by atoms with Crippen molar-refractivity contribution in [3.63, 3.8) is 0 Å². The number of benzene rings is 1. The zero-order valence-corrected chi connectivity index (χ0v) is 15.1. The van der Waals surface area contributed by atoms with Gasteiger partial charge in [0.05, 0.1) is 5.69 Å². The first-order valence-corrected chi connectivity index (χ1v) is 8.79. The minimum Gasteiger partial charge on any atom is -0.436 e. The number of anilines is 2. The van der Waals surface area contributed by atoms with Gasteiger partial charge in [-0.15, -0.1) is 0 Å². The lowest BCUT2D eigenvalue weighted by molar-refractivity contribution is -0.139. The van der Waals surface area contributed by atoms with Gasteiger partial charge < -0.3 is 20.7 Å². The van der Waals surface area contributed by atoms with Crippen LogP contribution in [0.15, 0.2) is 30.5 Å². The largest absolute Gasteiger partial charge is 0.436 e. The first-order chi connectivity index (χ1) is 13.3. The summed E-state index contributed by atoms with van der Waals surface area (Å²) in [5, 5.41) is 8.75. The van der Waals surface area contributed by atoms with Crippen LogP contribution in [-0.2, 0) is 11.0 Å². The van der Waals surface area contributed by atoms with Crippen LogP contribution in [0.2, 0.25) is 0 Å². The summed E-state index contributed by atoms with van der Waals surface area (Å²) >= 11 is 0. The molecular weight excluding hydrogens is 375 g/mol. The molecular formula is C18H20F3N5O2. The molecule has 0 spiro atoms. The van der Waals surface area contributed by atoms with Gasteiger partial charge in [0.25, 0.3) is 0 Å². The highest BCUT2D eigenvalue weighted by atomic mass is 19.4. The quantitative estimate of drug-likeness (QED) is 0.719. The molecule has 2 aromatic rings. The van der Waals surface area contributed by atoms with Gasteiger partial charge in [-0.25, -0.2) is 4.98 Å². The third-order valence-corrected chi connectivity index (χ3v) is 4.09. The molecule has 1 saturated heterocycles. The summed E-state index contributed by atoms with van der Waals surface area (Å²) in [4.78, 5) is 19.1. The molecule has 3 N–H and O–H groups in total. The Kier molecular flexibility index (Phi) is 5.98. The van der Waals surface area contributed by atoms with E-state index in [1.165, 1.54) is 19.1 Å². The molecule has 1 fully saturated rings. The van der Waals surface area contributed by atoms with Crippen LogP contribution in [0.3, 0.4) is 0 Å². The molecule has 0 radical (unpaired) electrons. The molecule has 0 aliphatic carbocycles. The smallest absolute Gasteiger partial charge is 0.423 e. The maximum atomic E-state index is 13.4. The van der Waals surface area contributed by atoms with E-state index in [9.17, 15) is 18.0 Å². The van der Waals surface area contributed by atoms with Gasteiger partial charge in [0, 0.05) is 25.7 Å². The topological polar surface area (TPSA) is 88.2 Å². The first-order valence-electron chi connectivity index (χ1n) is 8.79. The number of halogens is 3. The third-order valence-electron chi connectivity index (χ3n) is 4.09. The van der Waals surface area contributed by atoms with Crippen LogP contribution in [0.1, 0.15) is 25.3 Å². The Hall–Kier alpha value is -2.88. The predicted octanol–water partition coefficient (Wildman–Crippen LogP) is 3.41. The van der Waals surface area contributed by atoms with Crippen molar-refractivity contribution >= 4 is 17.5 Å². The average molecular weight is 395 g/mol. The molecule has 1 aliphatic rings. The van der Waals surface area contributed by atoms with Crippen LogP contribution >= 0.6 is 0 Å². The van der Waals surface area contributed by atoms with Gasteiger partial charge in [0.15, 0.2) is 5.75 Å². The van der Waals surface area contributed by atoms with Gasteiger partial charge in [0.1, 0.15) is 5.56 Å². The van der Waals surface area contributed by atoms with Crippen molar-refractivity contribution in [3.8, 4) is 11.6 Å². The van der Waals surface area contributed by atoms with Crippen molar-refractivity contribution in [1.29, 1.82) is 0 Å². The number of para-hydroxylation sites is 2. The minimum absolute atomic E-state index is 0.0185. The number of carbonyl (C=O) groups is 1. The zero-order valence-electron chi connectivity index (χ0n) is 15.1. The van der Waals surface area contributed by atoms with E-state index in [-0.39, 0.29) is 29.3 Å². The highest BCUT2D eigenvalue weighted by Gasteiger charge is 2.37. The lowest BCUT2D eigenvalue weighted by Crippen LogP contribution is -2.38. The van der Waals surface area contributed by atoms with E-state index in [0.717, 1.165) is 19.4 Å². The normalized spacial score (nSPS) is 17.1. The van der Waals surface area contributed by atoms with Crippen LogP contribution in [0.4, 0.5) is 24.8 Å². The molecule has 3 rings (SSSR count). The molecule has 10 heteroatoms. The molecule has 0 bridgehead atoms. The SMILES string of the molecule is CC(=O)Nc1ccccc1Oc1nc(NC2CCCNC2)ncc1C(F)(F)F. The Morgan fingerprint density at radius 2 is 2.11 bits per heavy atom. The van der Waals surface area contributed by atoms with Crippen LogP contribution < -0.4 is 20.7 Å².